The number of amides is 1. The molecular formula is C17H23N3O3. The maximum Gasteiger partial charge on any atom is 0.333 e. The molecule has 0 radical (unpaired) electrons. The average molecular weight is 317 g/mol. The Hall–Kier alpha value is -1.95. The summed E-state index contributed by atoms with van der Waals surface area (Å²) in [4.78, 5) is 31.0. The van der Waals surface area contributed by atoms with Crippen molar-refractivity contribution in [1.82, 2.24) is 15.2 Å². The highest BCUT2D eigenvalue weighted by Gasteiger charge is 2.67. The molecule has 0 aromatic carbocycles. The van der Waals surface area contributed by atoms with Crippen LogP contribution in [0.5, 0.6) is 0 Å². The van der Waals surface area contributed by atoms with Crippen molar-refractivity contribution in [3.05, 3.63) is 30.1 Å². The molecule has 2 aliphatic rings. The highest BCUT2D eigenvalue weighted by molar-refractivity contribution is 5.89. The number of likely N-dealkylation sites (N-methyl/N-ethyl adjacent to an activating group) is 1. The summed E-state index contributed by atoms with van der Waals surface area (Å²) in [5.41, 5.74) is 0.823. The van der Waals surface area contributed by atoms with Crippen molar-refractivity contribution in [3.63, 3.8) is 0 Å². The first kappa shape index (κ1) is 15.9. The number of piperidine rings is 1. The van der Waals surface area contributed by atoms with Gasteiger partial charge in [0, 0.05) is 24.5 Å². The second-order valence-electron chi connectivity index (χ2n) is 7.09. The zero-order valence-corrected chi connectivity index (χ0v) is 13.9. The van der Waals surface area contributed by atoms with Crippen LogP contribution >= 0.6 is 0 Å². The molecule has 1 saturated carbocycles. The van der Waals surface area contributed by atoms with Crippen LogP contribution in [0.15, 0.2) is 24.5 Å². The van der Waals surface area contributed by atoms with Gasteiger partial charge in [0.1, 0.15) is 0 Å². The van der Waals surface area contributed by atoms with E-state index in [1.54, 1.807) is 24.5 Å². The van der Waals surface area contributed by atoms with Gasteiger partial charge in [0.25, 0.3) is 0 Å². The fourth-order valence-electron chi connectivity index (χ4n) is 3.99. The van der Waals surface area contributed by atoms with E-state index >= 15 is 0 Å². The molecule has 1 aliphatic heterocycles. The molecule has 3 rings (SSSR count). The van der Waals surface area contributed by atoms with Crippen LogP contribution in [0.3, 0.4) is 0 Å². The van der Waals surface area contributed by atoms with E-state index in [4.69, 9.17) is 4.74 Å². The quantitative estimate of drug-likeness (QED) is 0.839. The van der Waals surface area contributed by atoms with Gasteiger partial charge in [0.2, 0.25) is 5.91 Å². The first-order valence-electron chi connectivity index (χ1n) is 7.86. The summed E-state index contributed by atoms with van der Waals surface area (Å²) in [5, 5.41) is 2.86. The summed E-state index contributed by atoms with van der Waals surface area (Å²) >= 11 is 0. The smallest absolute Gasteiger partial charge is 0.333 e. The number of methoxy groups -OCH3 is 1. The van der Waals surface area contributed by atoms with Crippen LogP contribution in [0.4, 0.5) is 0 Å². The predicted octanol–water partition coefficient (Wildman–Crippen LogP) is 0.998. The minimum absolute atomic E-state index is 0.121. The fourth-order valence-corrected chi connectivity index (χ4v) is 3.99. The number of pyridine rings is 1. The highest BCUT2D eigenvalue weighted by atomic mass is 16.5. The molecule has 0 spiro atoms. The monoisotopic (exact) mass is 317 g/mol. The Kier molecular flexibility index (Phi) is 3.88. The van der Waals surface area contributed by atoms with Crippen LogP contribution in [0.25, 0.3) is 0 Å². The van der Waals surface area contributed by atoms with Crippen molar-refractivity contribution >= 4 is 11.9 Å². The van der Waals surface area contributed by atoms with E-state index in [1.807, 2.05) is 7.05 Å². The Morgan fingerprint density at radius 2 is 2.22 bits per heavy atom. The predicted molar refractivity (Wildman–Crippen MR) is 84.3 cm³/mol. The maximum absolute atomic E-state index is 12.8. The topological polar surface area (TPSA) is 71.5 Å². The van der Waals surface area contributed by atoms with Crippen molar-refractivity contribution in [2.45, 2.75) is 25.9 Å². The molecular weight excluding hydrogens is 294 g/mol. The first-order valence-corrected chi connectivity index (χ1v) is 7.86. The van der Waals surface area contributed by atoms with Gasteiger partial charge in [-0.15, -0.1) is 0 Å². The van der Waals surface area contributed by atoms with E-state index in [9.17, 15) is 9.59 Å². The number of nitrogens with zero attached hydrogens (tertiary/aromatic N) is 2. The lowest BCUT2D eigenvalue weighted by Gasteiger charge is -2.27. The molecule has 0 bridgehead atoms. The SMILES string of the molecule is COC(=O)C(NC(=O)[C@@H]1C2C(CN1C)C2(C)C)c1cccnc1. The number of esters is 1. The molecule has 1 amide bonds. The van der Waals surface area contributed by atoms with Crippen LogP contribution in [0.1, 0.15) is 25.5 Å². The zero-order valence-electron chi connectivity index (χ0n) is 13.9. The summed E-state index contributed by atoms with van der Waals surface area (Å²) in [7, 11) is 3.28. The molecule has 2 fully saturated rings. The van der Waals surface area contributed by atoms with Gasteiger partial charge in [-0.2, -0.15) is 0 Å². The van der Waals surface area contributed by atoms with Crippen molar-refractivity contribution < 1.29 is 14.3 Å². The maximum atomic E-state index is 12.8. The summed E-state index contributed by atoms with van der Waals surface area (Å²) in [6.45, 7) is 5.33. The fraction of sp³-hybridized carbons (Fsp3) is 0.588. The second kappa shape index (κ2) is 5.60. The van der Waals surface area contributed by atoms with E-state index < -0.39 is 12.0 Å². The minimum atomic E-state index is -0.824. The van der Waals surface area contributed by atoms with Gasteiger partial charge >= 0.3 is 5.97 Å². The third-order valence-electron chi connectivity index (χ3n) is 5.45. The Labute approximate surface area is 136 Å². The Morgan fingerprint density at radius 3 is 2.78 bits per heavy atom. The molecule has 3 unspecified atom stereocenters. The number of hydrogen-bond acceptors (Lipinski definition) is 5. The molecule has 6 heteroatoms. The molecule has 1 aromatic rings. The van der Waals surface area contributed by atoms with Crippen molar-refractivity contribution in [2.75, 3.05) is 20.7 Å². The number of ether oxygens (including phenoxy) is 1. The third-order valence-corrected chi connectivity index (χ3v) is 5.45. The molecule has 1 aliphatic carbocycles. The van der Waals surface area contributed by atoms with Crippen LogP contribution in [-0.4, -0.2) is 48.5 Å². The van der Waals surface area contributed by atoms with E-state index in [2.05, 4.69) is 29.0 Å². The average Bonchev–Trinajstić information content (AvgIpc) is 2.89. The number of carbonyl (C=O) groups excluding carboxylic acids is 2. The Morgan fingerprint density at radius 1 is 1.48 bits per heavy atom. The summed E-state index contributed by atoms with van der Waals surface area (Å²) in [6.07, 6.45) is 3.20. The highest BCUT2D eigenvalue weighted by Crippen LogP contribution is 2.64. The zero-order chi connectivity index (χ0) is 16.8. The van der Waals surface area contributed by atoms with Gasteiger partial charge in [-0.1, -0.05) is 19.9 Å². The number of fused-ring (bicyclic) bond motifs is 1. The van der Waals surface area contributed by atoms with Gasteiger partial charge in [0.15, 0.2) is 6.04 Å². The Balaban J connectivity index is 1.78. The largest absolute Gasteiger partial charge is 0.467 e. The molecule has 6 nitrogen and oxygen atoms in total. The van der Waals surface area contributed by atoms with E-state index in [1.165, 1.54) is 7.11 Å². The standard InChI is InChI=1S/C17H23N3O3/c1-17(2)11-9-20(3)14(12(11)17)15(21)19-13(16(22)23-4)10-6-5-7-18-8-10/h5-8,11-14H,9H2,1-4H3,(H,19,21)/t11?,12?,13?,14-/m0/s1. The molecule has 23 heavy (non-hydrogen) atoms. The first-order chi connectivity index (χ1) is 10.9. The van der Waals surface area contributed by atoms with Gasteiger partial charge in [-0.25, -0.2) is 4.79 Å². The minimum Gasteiger partial charge on any atom is -0.467 e. The number of carbonyl (C=O) groups is 2. The van der Waals surface area contributed by atoms with E-state index in [-0.39, 0.29) is 17.4 Å². The van der Waals surface area contributed by atoms with E-state index in [0.29, 0.717) is 17.4 Å². The lowest BCUT2D eigenvalue weighted by molar-refractivity contribution is -0.146. The molecule has 1 saturated heterocycles. The van der Waals surface area contributed by atoms with Crippen molar-refractivity contribution in [2.24, 2.45) is 17.3 Å². The molecule has 1 aromatic heterocycles. The van der Waals surface area contributed by atoms with Crippen molar-refractivity contribution in [3.8, 4) is 0 Å². The number of nitrogens with one attached hydrogen (secondary N) is 1. The van der Waals surface area contributed by atoms with Gasteiger partial charge < -0.3 is 10.1 Å². The number of rotatable bonds is 4. The molecule has 4 atom stereocenters. The molecule has 2 heterocycles. The normalized spacial score (nSPS) is 29.5. The van der Waals surface area contributed by atoms with E-state index in [0.717, 1.165) is 6.54 Å². The van der Waals surface area contributed by atoms with Crippen LogP contribution in [0, 0.1) is 17.3 Å². The third kappa shape index (κ3) is 2.61. The van der Waals surface area contributed by atoms with Crippen LogP contribution in [-0.2, 0) is 14.3 Å². The summed E-state index contributed by atoms with van der Waals surface area (Å²) < 4.78 is 4.84. The Bertz CT molecular complexity index is 617. The number of hydrogen-bond donors (Lipinski definition) is 1. The summed E-state index contributed by atoms with van der Waals surface area (Å²) in [5.74, 6) is 0.293. The molecule has 124 valence electrons. The van der Waals surface area contributed by atoms with Gasteiger partial charge in [0.05, 0.1) is 13.2 Å². The number of likely N-dealkylation sites (tertiary alicyclic amines) is 1. The summed E-state index contributed by atoms with van der Waals surface area (Å²) in [6, 6.07) is 2.48. The lowest BCUT2D eigenvalue weighted by Crippen LogP contribution is -2.48. The second-order valence-corrected chi connectivity index (χ2v) is 7.09. The van der Waals surface area contributed by atoms with Crippen LogP contribution < -0.4 is 5.32 Å². The number of aromatic nitrogens is 1. The molecule has 1 N–H and O–H groups in total. The van der Waals surface area contributed by atoms with Crippen LogP contribution in [0.2, 0.25) is 0 Å². The van der Waals surface area contributed by atoms with Crippen molar-refractivity contribution in [1.29, 1.82) is 0 Å². The van der Waals surface area contributed by atoms with Gasteiger partial charge in [-0.3, -0.25) is 14.7 Å². The van der Waals surface area contributed by atoms with Gasteiger partial charge in [-0.05, 0) is 30.4 Å². The lowest BCUT2D eigenvalue weighted by atomic mass is 10.00.